The molecule has 2 heteroatoms. The fraction of sp³-hybridized carbons (Fsp3) is 0.636. The van der Waals surface area contributed by atoms with E-state index < -0.39 is 0 Å². The lowest BCUT2D eigenvalue weighted by Crippen LogP contribution is -2.28. The van der Waals surface area contributed by atoms with Crippen molar-refractivity contribution in [2.45, 2.75) is 44.7 Å². The molecule has 1 aromatic heterocycles. The molecule has 13 heavy (non-hydrogen) atoms. The quantitative estimate of drug-likeness (QED) is 0.780. The second-order valence-electron chi connectivity index (χ2n) is 3.93. The molecule has 1 atom stereocenters. The minimum atomic E-state index is 0.536. The van der Waals surface area contributed by atoms with Crippen molar-refractivity contribution in [1.29, 1.82) is 0 Å². The predicted octanol–water partition coefficient (Wildman–Crippen LogP) is 3.34. The molecule has 72 valence electrons. The highest BCUT2D eigenvalue weighted by molar-refractivity contribution is 7.07. The fourth-order valence-electron chi connectivity index (χ4n) is 2.06. The van der Waals surface area contributed by atoms with Crippen LogP contribution in [0, 0.1) is 0 Å². The van der Waals surface area contributed by atoms with Crippen LogP contribution in [0.5, 0.6) is 0 Å². The Bertz CT molecular complexity index is 237. The summed E-state index contributed by atoms with van der Waals surface area (Å²) in [4.78, 5) is 0. The van der Waals surface area contributed by atoms with Crippen LogP contribution in [-0.2, 0) is 0 Å². The molecule has 2 rings (SSSR count). The topological polar surface area (TPSA) is 12.0 Å². The van der Waals surface area contributed by atoms with Crippen LogP contribution >= 0.6 is 11.3 Å². The lowest BCUT2D eigenvalue weighted by molar-refractivity contribution is 0.462. The van der Waals surface area contributed by atoms with Crippen LogP contribution in [0.4, 0.5) is 0 Å². The number of hydrogen-bond acceptors (Lipinski definition) is 2. The molecular weight excluding hydrogens is 178 g/mol. The van der Waals surface area contributed by atoms with Crippen molar-refractivity contribution in [3.8, 4) is 0 Å². The third-order valence-electron chi connectivity index (χ3n) is 2.88. The van der Waals surface area contributed by atoms with Crippen LogP contribution < -0.4 is 5.32 Å². The fourth-order valence-corrected chi connectivity index (χ4v) is 2.82. The van der Waals surface area contributed by atoms with Crippen molar-refractivity contribution >= 4 is 11.3 Å². The van der Waals surface area contributed by atoms with Crippen molar-refractivity contribution in [3.05, 3.63) is 22.4 Å². The summed E-state index contributed by atoms with van der Waals surface area (Å²) >= 11 is 1.79. The van der Waals surface area contributed by atoms with E-state index in [4.69, 9.17) is 0 Å². The molecule has 0 amide bonds. The standard InChI is InChI=1S/C11H17NS/c1-9(10-6-7-13-8-10)12-11-4-2-3-5-11/h6-9,11-12H,2-5H2,1H3. The maximum Gasteiger partial charge on any atom is 0.0302 e. The van der Waals surface area contributed by atoms with Gasteiger partial charge >= 0.3 is 0 Å². The molecular formula is C11H17NS. The highest BCUT2D eigenvalue weighted by Gasteiger charge is 2.17. The number of rotatable bonds is 3. The second kappa shape index (κ2) is 4.25. The predicted molar refractivity (Wildman–Crippen MR) is 58.1 cm³/mol. The van der Waals surface area contributed by atoms with Gasteiger partial charge in [-0.15, -0.1) is 0 Å². The number of thiophene rings is 1. The average molecular weight is 195 g/mol. The Morgan fingerprint density at radius 2 is 2.23 bits per heavy atom. The molecule has 1 fully saturated rings. The van der Waals surface area contributed by atoms with E-state index in [2.05, 4.69) is 29.1 Å². The molecule has 1 aromatic rings. The van der Waals surface area contributed by atoms with Crippen molar-refractivity contribution in [2.75, 3.05) is 0 Å². The maximum atomic E-state index is 3.69. The Kier molecular flexibility index (Phi) is 3.01. The lowest BCUT2D eigenvalue weighted by atomic mass is 10.1. The first-order chi connectivity index (χ1) is 6.36. The van der Waals surface area contributed by atoms with E-state index in [0.717, 1.165) is 6.04 Å². The van der Waals surface area contributed by atoms with Gasteiger partial charge in [-0.1, -0.05) is 12.8 Å². The smallest absolute Gasteiger partial charge is 0.0302 e. The minimum Gasteiger partial charge on any atom is -0.307 e. The van der Waals surface area contributed by atoms with E-state index in [-0.39, 0.29) is 0 Å². The molecule has 0 spiro atoms. The van der Waals surface area contributed by atoms with Gasteiger partial charge in [0.15, 0.2) is 0 Å². The average Bonchev–Trinajstić information content (AvgIpc) is 2.74. The highest BCUT2D eigenvalue weighted by atomic mass is 32.1. The van der Waals surface area contributed by atoms with Crippen LogP contribution in [0.2, 0.25) is 0 Å². The van der Waals surface area contributed by atoms with Gasteiger partial charge in [0.2, 0.25) is 0 Å². The van der Waals surface area contributed by atoms with E-state index >= 15 is 0 Å². The summed E-state index contributed by atoms with van der Waals surface area (Å²) in [6.07, 6.45) is 5.56. The largest absolute Gasteiger partial charge is 0.307 e. The number of nitrogens with one attached hydrogen (secondary N) is 1. The normalized spacial score (nSPS) is 20.7. The van der Waals surface area contributed by atoms with E-state index in [1.807, 2.05) is 0 Å². The van der Waals surface area contributed by atoms with E-state index in [1.54, 1.807) is 11.3 Å². The molecule has 1 heterocycles. The second-order valence-corrected chi connectivity index (χ2v) is 4.71. The monoisotopic (exact) mass is 195 g/mol. The first kappa shape index (κ1) is 9.22. The number of hydrogen-bond donors (Lipinski definition) is 1. The SMILES string of the molecule is CC(NC1CCCC1)c1ccsc1. The zero-order chi connectivity index (χ0) is 9.10. The summed E-state index contributed by atoms with van der Waals surface area (Å²) < 4.78 is 0. The molecule has 0 radical (unpaired) electrons. The lowest BCUT2D eigenvalue weighted by Gasteiger charge is -2.18. The van der Waals surface area contributed by atoms with Crippen molar-refractivity contribution in [3.63, 3.8) is 0 Å². The Morgan fingerprint density at radius 1 is 1.46 bits per heavy atom. The van der Waals surface area contributed by atoms with Gasteiger partial charge in [0.25, 0.3) is 0 Å². The van der Waals surface area contributed by atoms with Crippen molar-refractivity contribution in [1.82, 2.24) is 5.32 Å². The first-order valence-electron chi connectivity index (χ1n) is 5.14. The molecule has 1 aliphatic rings. The zero-order valence-corrected chi connectivity index (χ0v) is 8.94. The van der Waals surface area contributed by atoms with Crippen LogP contribution in [-0.4, -0.2) is 6.04 Å². The van der Waals surface area contributed by atoms with Gasteiger partial charge in [-0.25, -0.2) is 0 Å². The minimum absolute atomic E-state index is 0.536. The molecule has 1 N–H and O–H groups in total. The molecule has 1 unspecified atom stereocenters. The van der Waals surface area contributed by atoms with Crippen LogP contribution in [0.1, 0.15) is 44.2 Å². The van der Waals surface area contributed by atoms with Gasteiger partial charge in [-0.05, 0) is 42.2 Å². The van der Waals surface area contributed by atoms with Crippen LogP contribution in [0.3, 0.4) is 0 Å². The van der Waals surface area contributed by atoms with E-state index in [1.165, 1.54) is 31.2 Å². The summed E-state index contributed by atoms with van der Waals surface area (Å²) in [5.41, 5.74) is 1.44. The van der Waals surface area contributed by atoms with Gasteiger partial charge < -0.3 is 5.32 Å². The molecule has 1 saturated carbocycles. The maximum absolute atomic E-state index is 3.69. The zero-order valence-electron chi connectivity index (χ0n) is 8.12. The molecule has 0 aromatic carbocycles. The summed E-state index contributed by atoms with van der Waals surface area (Å²) in [6.45, 7) is 2.26. The van der Waals surface area contributed by atoms with Gasteiger partial charge in [0.05, 0.1) is 0 Å². The molecule has 1 aliphatic carbocycles. The van der Waals surface area contributed by atoms with Crippen LogP contribution in [0.15, 0.2) is 16.8 Å². The van der Waals surface area contributed by atoms with Gasteiger partial charge in [-0.2, -0.15) is 11.3 Å². The third kappa shape index (κ3) is 2.32. The van der Waals surface area contributed by atoms with E-state index in [0.29, 0.717) is 6.04 Å². The van der Waals surface area contributed by atoms with Crippen molar-refractivity contribution in [2.24, 2.45) is 0 Å². The Labute approximate surface area is 84.2 Å². The highest BCUT2D eigenvalue weighted by Crippen LogP contribution is 2.22. The Morgan fingerprint density at radius 3 is 2.85 bits per heavy atom. The van der Waals surface area contributed by atoms with Gasteiger partial charge in [0.1, 0.15) is 0 Å². The Hall–Kier alpha value is -0.340. The third-order valence-corrected chi connectivity index (χ3v) is 3.59. The summed E-state index contributed by atoms with van der Waals surface area (Å²) in [7, 11) is 0. The molecule has 1 nitrogen and oxygen atoms in total. The summed E-state index contributed by atoms with van der Waals surface area (Å²) in [6, 6.07) is 3.53. The van der Waals surface area contributed by atoms with Gasteiger partial charge in [0, 0.05) is 12.1 Å². The molecule has 0 bridgehead atoms. The summed E-state index contributed by atoms with van der Waals surface area (Å²) in [5.74, 6) is 0. The molecule has 0 saturated heterocycles. The van der Waals surface area contributed by atoms with Crippen molar-refractivity contribution < 1.29 is 0 Å². The summed E-state index contributed by atoms with van der Waals surface area (Å²) in [5, 5.41) is 8.09. The van der Waals surface area contributed by atoms with Crippen LogP contribution in [0.25, 0.3) is 0 Å². The van der Waals surface area contributed by atoms with Gasteiger partial charge in [-0.3, -0.25) is 0 Å². The first-order valence-corrected chi connectivity index (χ1v) is 6.08. The Balaban J connectivity index is 1.87. The molecule has 0 aliphatic heterocycles. The van der Waals surface area contributed by atoms with E-state index in [9.17, 15) is 0 Å².